The highest BCUT2D eigenvalue weighted by Crippen LogP contribution is 2.36. The maximum absolute atomic E-state index is 12.8. The molecule has 0 unspecified atom stereocenters. The summed E-state index contributed by atoms with van der Waals surface area (Å²) in [7, 11) is 1.63. The van der Waals surface area contributed by atoms with Gasteiger partial charge in [-0.2, -0.15) is 0 Å². The highest BCUT2D eigenvalue weighted by atomic mass is 35.5. The van der Waals surface area contributed by atoms with Crippen LogP contribution in [-0.4, -0.2) is 36.1 Å². The maximum Gasteiger partial charge on any atom is 0.259 e. The van der Waals surface area contributed by atoms with E-state index < -0.39 is 5.91 Å². The molecule has 0 atom stereocenters. The molecule has 0 saturated heterocycles. The zero-order valence-electron chi connectivity index (χ0n) is 13.6. The van der Waals surface area contributed by atoms with Gasteiger partial charge in [-0.05, 0) is 22.1 Å². The number of aryl methyl sites for hydroxylation is 1. The third-order valence-corrected chi connectivity index (χ3v) is 4.28. The molecule has 26 heavy (non-hydrogen) atoms. The molecule has 1 amide bonds. The van der Waals surface area contributed by atoms with Gasteiger partial charge < -0.3 is 0 Å². The Bertz CT molecular complexity index is 1110. The summed E-state index contributed by atoms with van der Waals surface area (Å²) in [5.41, 5.74) is 2.49. The molecule has 2 heterocycles. The van der Waals surface area contributed by atoms with Gasteiger partial charge in [-0.3, -0.25) is 10.1 Å². The number of carbonyl (C=O) groups is 1. The molecule has 0 radical (unpaired) electrons. The van der Waals surface area contributed by atoms with Crippen LogP contribution in [0.4, 0.5) is 5.95 Å². The van der Waals surface area contributed by atoms with E-state index in [4.69, 9.17) is 11.6 Å². The summed E-state index contributed by atoms with van der Waals surface area (Å²) in [5.74, 6) is -0.201. The average Bonchev–Trinajstić information content (AvgIpc) is 3.06. The van der Waals surface area contributed by atoms with Crippen molar-refractivity contribution in [2.75, 3.05) is 5.32 Å². The molecule has 0 aliphatic rings. The summed E-state index contributed by atoms with van der Waals surface area (Å²) in [5, 5.41) is 14.6. The molecule has 0 aliphatic heterocycles. The molecule has 128 valence electrons. The van der Waals surface area contributed by atoms with Gasteiger partial charge in [0.05, 0.1) is 16.1 Å². The number of fused-ring (bicyclic) bond motifs is 1. The van der Waals surface area contributed by atoms with Gasteiger partial charge in [0, 0.05) is 24.2 Å². The van der Waals surface area contributed by atoms with E-state index in [1.165, 1.54) is 11.0 Å². The molecule has 9 heteroatoms. The summed E-state index contributed by atoms with van der Waals surface area (Å²) in [6, 6.07) is 11.2. The van der Waals surface area contributed by atoms with Crippen LogP contribution in [0.2, 0.25) is 5.02 Å². The van der Waals surface area contributed by atoms with Crippen molar-refractivity contribution in [3.05, 3.63) is 59.5 Å². The normalized spacial score (nSPS) is 10.8. The highest BCUT2D eigenvalue weighted by molar-refractivity contribution is 6.38. The van der Waals surface area contributed by atoms with Gasteiger partial charge in [0.25, 0.3) is 5.91 Å². The van der Waals surface area contributed by atoms with Gasteiger partial charge in [-0.15, -0.1) is 0 Å². The Morgan fingerprint density at radius 1 is 1.23 bits per heavy atom. The van der Waals surface area contributed by atoms with Gasteiger partial charge in [-0.1, -0.05) is 47.0 Å². The van der Waals surface area contributed by atoms with E-state index in [0.29, 0.717) is 21.5 Å². The Labute approximate surface area is 152 Å². The monoisotopic (exact) mass is 365 g/mol. The van der Waals surface area contributed by atoms with Crippen LogP contribution in [0.1, 0.15) is 10.4 Å². The van der Waals surface area contributed by atoms with Crippen LogP contribution < -0.4 is 5.32 Å². The molecule has 4 rings (SSSR count). The molecule has 2 aromatic carbocycles. The molecular formula is C17H12ClN7O. The fourth-order valence-electron chi connectivity index (χ4n) is 2.65. The minimum absolute atomic E-state index is 0.219. The van der Waals surface area contributed by atoms with Gasteiger partial charge in [-0.25, -0.2) is 14.6 Å². The fourth-order valence-corrected chi connectivity index (χ4v) is 2.99. The van der Waals surface area contributed by atoms with Gasteiger partial charge in [0.1, 0.15) is 6.33 Å². The lowest BCUT2D eigenvalue weighted by Crippen LogP contribution is -2.16. The number of halogens is 1. The Kier molecular flexibility index (Phi) is 4.02. The quantitative estimate of drug-likeness (QED) is 0.599. The highest BCUT2D eigenvalue weighted by Gasteiger charge is 2.20. The lowest BCUT2D eigenvalue weighted by molar-refractivity contribution is 0.102. The van der Waals surface area contributed by atoms with Crippen LogP contribution >= 0.6 is 11.6 Å². The van der Waals surface area contributed by atoms with Crippen LogP contribution in [0.15, 0.2) is 48.9 Å². The molecule has 2 aromatic heterocycles. The molecular weight excluding hydrogens is 354 g/mol. The van der Waals surface area contributed by atoms with Crippen molar-refractivity contribution >= 4 is 34.4 Å². The number of nitrogens with zero attached hydrogens (tertiary/aromatic N) is 6. The molecule has 0 spiro atoms. The zero-order valence-corrected chi connectivity index (χ0v) is 14.3. The number of aromatic nitrogens is 6. The second-order valence-corrected chi connectivity index (χ2v) is 5.90. The predicted octanol–water partition coefficient (Wildman–Crippen LogP) is 2.73. The number of carbonyl (C=O) groups excluding carboxylic acids is 1. The summed E-state index contributed by atoms with van der Waals surface area (Å²) in [4.78, 5) is 21.2. The molecule has 0 saturated carbocycles. The molecule has 0 fully saturated rings. The second kappa shape index (κ2) is 6.49. The summed E-state index contributed by atoms with van der Waals surface area (Å²) in [6.07, 6.45) is 3.10. The van der Waals surface area contributed by atoms with Crippen LogP contribution in [0.3, 0.4) is 0 Å². The van der Waals surface area contributed by atoms with Gasteiger partial charge in [0.2, 0.25) is 5.95 Å². The number of benzene rings is 2. The fraction of sp³-hybridized carbons (Fsp3) is 0.0588. The van der Waals surface area contributed by atoms with Crippen molar-refractivity contribution in [2.24, 2.45) is 7.05 Å². The van der Waals surface area contributed by atoms with Gasteiger partial charge in [0.15, 0.2) is 0 Å². The second-order valence-electron chi connectivity index (χ2n) is 5.52. The average molecular weight is 366 g/mol. The molecule has 8 nitrogen and oxygen atoms in total. The number of hydrogen-bond acceptors (Lipinski definition) is 6. The van der Waals surface area contributed by atoms with Crippen molar-refractivity contribution < 1.29 is 4.79 Å². The van der Waals surface area contributed by atoms with Crippen LogP contribution in [0.25, 0.3) is 22.0 Å². The standard InChI is InChI=1S/C17H12ClN7O/c1-25-17(22-23-24-25)21-16(26)12-7-11-8-19-9-20-15(11)13(14(12)18)10-5-3-2-4-6-10/h2-9H,1H3,(H,21,22,24,26). The lowest BCUT2D eigenvalue weighted by atomic mass is 9.99. The van der Waals surface area contributed by atoms with E-state index in [1.807, 2.05) is 30.3 Å². The number of amides is 1. The Balaban J connectivity index is 1.90. The minimum Gasteiger partial charge on any atom is -0.289 e. The van der Waals surface area contributed by atoms with Crippen molar-refractivity contribution in [3.8, 4) is 11.1 Å². The lowest BCUT2D eigenvalue weighted by Gasteiger charge is -2.13. The third-order valence-electron chi connectivity index (χ3n) is 3.89. The van der Waals surface area contributed by atoms with E-state index in [9.17, 15) is 4.79 Å². The molecule has 4 aromatic rings. The first-order valence-electron chi connectivity index (χ1n) is 7.66. The largest absolute Gasteiger partial charge is 0.289 e. The topological polar surface area (TPSA) is 98.5 Å². The van der Waals surface area contributed by atoms with E-state index in [1.54, 1.807) is 19.3 Å². The van der Waals surface area contributed by atoms with Crippen LogP contribution in [-0.2, 0) is 7.05 Å². The molecule has 0 bridgehead atoms. The van der Waals surface area contributed by atoms with Crippen molar-refractivity contribution in [2.45, 2.75) is 0 Å². The van der Waals surface area contributed by atoms with Crippen molar-refractivity contribution in [3.63, 3.8) is 0 Å². The first-order chi connectivity index (χ1) is 12.6. The van der Waals surface area contributed by atoms with Crippen molar-refractivity contribution in [1.82, 2.24) is 30.2 Å². The predicted molar refractivity (Wildman–Crippen MR) is 96.7 cm³/mol. The first kappa shape index (κ1) is 16.1. The summed E-state index contributed by atoms with van der Waals surface area (Å²) < 4.78 is 1.36. The smallest absolute Gasteiger partial charge is 0.259 e. The number of hydrogen-bond donors (Lipinski definition) is 1. The first-order valence-corrected chi connectivity index (χ1v) is 8.04. The Hall–Kier alpha value is -3.39. The number of rotatable bonds is 3. The molecule has 0 aliphatic carbocycles. The van der Waals surface area contributed by atoms with E-state index in [0.717, 1.165) is 5.56 Å². The third kappa shape index (κ3) is 2.76. The zero-order chi connectivity index (χ0) is 18.1. The Morgan fingerprint density at radius 2 is 2.04 bits per heavy atom. The van der Waals surface area contributed by atoms with Crippen LogP contribution in [0, 0.1) is 0 Å². The maximum atomic E-state index is 12.8. The van der Waals surface area contributed by atoms with E-state index in [-0.39, 0.29) is 11.5 Å². The minimum atomic E-state index is -0.421. The SMILES string of the molecule is Cn1nnnc1NC(=O)c1cc2cncnc2c(-c2ccccc2)c1Cl. The molecule has 1 N–H and O–H groups in total. The van der Waals surface area contributed by atoms with E-state index >= 15 is 0 Å². The summed E-state index contributed by atoms with van der Waals surface area (Å²) >= 11 is 6.62. The van der Waals surface area contributed by atoms with Crippen LogP contribution in [0.5, 0.6) is 0 Å². The van der Waals surface area contributed by atoms with Gasteiger partial charge >= 0.3 is 0 Å². The Morgan fingerprint density at radius 3 is 2.77 bits per heavy atom. The summed E-state index contributed by atoms with van der Waals surface area (Å²) in [6.45, 7) is 0. The van der Waals surface area contributed by atoms with Crippen molar-refractivity contribution in [1.29, 1.82) is 0 Å². The number of nitrogens with one attached hydrogen (secondary N) is 1. The number of anilines is 1. The van der Waals surface area contributed by atoms with E-state index in [2.05, 4.69) is 30.8 Å². The number of tetrazole rings is 1.